The van der Waals surface area contributed by atoms with Crippen LogP contribution < -0.4 is 9.47 Å². The average Bonchev–Trinajstić information content (AvgIpc) is 2.55. The molecule has 2 N–H and O–H groups in total. The second-order valence-corrected chi connectivity index (χ2v) is 5.32. The summed E-state index contributed by atoms with van der Waals surface area (Å²) in [6.45, 7) is 1.99. The SMILES string of the molecule is COc1ccc(CC(OC)c2cc(O)c(O)c(OC)c2)cc1C. The Morgan fingerprint density at radius 3 is 2.22 bits per heavy atom. The highest BCUT2D eigenvalue weighted by atomic mass is 16.5. The molecule has 0 fully saturated rings. The molecule has 0 saturated heterocycles. The summed E-state index contributed by atoms with van der Waals surface area (Å²) in [6.07, 6.45) is 0.345. The van der Waals surface area contributed by atoms with Gasteiger partial charge in [-0.1, -0.05) is 12.1 Å². The first-order valence-electron chi connectivity index (χ1n) is 7.26. The number of phenols is 2. The lowest BCUT2D eigenvalue weighted by Crippen LogP contribution is -2.06. The summed E-state index contributed by atoms with van der Waals surface area (Å²) in [5.41, 5.74) is 2.86. The Morgan fingerprint density at radius 1 is 0.957 bits per heavy atom. The van der Waals surface area contributed by atoms with Crippen molar-refractivity contribution in [1.82, 2.24) is 0 Å². The van der Waals surface area contributed by atoms with Gasteiger partial charge in [0.05, 0.1) is 20.3 Å². The number of methoxy groups -OCH3 is 3. The number of rotatable bonds is 6. The fraction of sp³-hybridized carbons (Fsp3) is 0.333. The van der Waals surface area contributed by atoms with Gasteiger partial charge in [-0.05, 0) is 41.8 Å². The summed E-state index contributed by atoms with van der Waals surface area (Å²) >= 11 is 0. The molecule has 124 valence electrons. The van der Waals surface area contributed by atoms with Crippen LogP contribution in [0.25, 0.3) is 0 Å². The summed E-state index contributed by atoms with van der Waals surface area (Å²) in [7, 11) is 4.69. The quantitative estimate of drug-likeness (QED) is 0.799. The molecule has 23 heavy (non-hydrogen) atoms. The first kappa shape index (κ1) is 17.0. The maximum absolute atomic E-state index is 9.83. The zero-order valence-electron chi connectivity index (χ0n) is 13.8. The number of aromatic hydroxyl groups is 2. The van der Waals surface area contributed by atoms with Crippen molar-refractivity contribution in [2.24, 2.45) is 0 Å². The molecule has 1 unspecified atom stereocenters. The molecule has 0 radical (unpaired) electrons. The molecule has 5 heteroatoms. The molecule has 5 nitrogen and oxygen atoms in total. The number of hydrogen-bond acceptors (Lipinski definition) is 5. The van der Waals surface area contributed by atoms with E-state index in [2.05, 4.69) is 0 Å². The fourth-order valence-corrected chi connectivity index (χ4v) is 2.57. The predicted molar refractivity (Wildman–Crippen MR) is 87.5 cm³/mol. The molecule has 0 aromatic heterocycles. The van der Waals surface area contributed by atoms with Crippen LogP contribution in [0.3, 0.4) is 0 Å². The van der Waals surface area contributed by atoms with Crippen LogP contribution in [0.4, 0.5) is 0 Å². The Bertz CT molecular complexity index is 681. The first-order valence-corrected chi connectivity index (χ1v) is 7.26. The van der Waals surface area contributed by atoms with Crippen molar-refractivity contribution in [3.63, 3.8) is 0 Å². The van der Waals surface area contributed by atoms with Gasteiger partial charge in [-0.25, -0.2) is 0 Å². The minimum absolute atomic E-state index is 0.216. The van der Waals surface area contributed by atoms with Crippen LogP contribution in [0.5, 0.6) is 23.0 Å². The van der Waals surface area contributed by atoms with E-state index in [0.29, 0.717) is 6.42 Å². The lowest BCUT2D eigenvalue weighted by atomic mass is 9.99. The van der Waals surface area contributed by atoms with Crippen LogP contribution in [0, 0.1) is 6.92 Å². The monoisotopic (exact) mass is 318 g/mol. The third kappa shape index (κ3) is 3.68. The highest BCUT2D eigenvalue weighted by Crippen LogP contribution is 2.39. The van der Waals surface area contributed by atoms with Gasteiger partial charge >= 0.3 is 0 Å². The predicted octanol–water partition coefficient (Wildman–Crippen LogP) is 3.35. The first-order chi connectivity index (χ1) is 11.0. The largest absolute Gasteiger partial charge is 0.504 e. The molecule has 0 bridgehead atoms. The van der Waals surface area contributed by atoms with Crippen molar-refractivity contribution in [3.05, 3.63) is 47.0 Å². The highest BCUT2D eigenvalue weighted by molar-refractivity contribution is 5.52. The van der Waals surface area contributed by atoms with Gasteiger partial charge in [-0.2, -0.15) is 0 Å². The van der Waals surface area contributed by atoms with Gasteiger partial charge in [-0.15, -0.1) is 0 Å². The molecule has 0 heterocycles. The average molecular weight is 318 g/mol. The molecule has 0 spiro atoms. The van der Waals surface area contributed by atoms with E-state index in [0.717, 1.165) is 22.4 Å². The van der Waals surface area contributed by atoms with Gasteiger partial charge in [-0.3, -0.25) is 0 Å². The van der Waals surface area contributed by atoms with Crippen molar-refractivity contribution < 1.29 is 24.4 Å². The van der Waals surface area contributed by atoms with Gasteiger partial charge in [0.2, 0.25) is 5.75 Å². The Morgan fingerprint density at radius 2 is 1.65 bits per heavy atom. The molecule has 2 aromatic carbocycles. The van der Waals surface area contributed by atoms with Gasteiger partial charge < -0.3 is 24.4 Å². The number of ether oxygens (including phenoxy) is 3. The molecule has 0 aliphatic rings. The normalized spacial score (nSPS) is 12.0. The minimum atomic E-state index is -0.275. The topological polar surface area (TPSA) is 68.2 Å². The van der Waals surface area contributed by atoms with Crippen LogP contribution in [-0.4, -0.2) is 31.5 Å². The number of phenolic OH excluding ortho intramolecular Hbond substituents is 2. The summed E-state index contributed by atoms with van der Waals surface area (Å²) in [5.74, 6) is 0.554. The Labute approximate surface area is 136 Å². The lowest BCUT2D eigenvalue weighted by Gasteiger charge is -2.18. The molecular weight excluding hydrogens is 296 g/mol. The van der Waals surface area contributed by atoms with Gasteiger partial charge in [0.15, 0.2) is 11.5 Å². The molecule has 0 aliphatic heterocycles. The lowest BCUT2D eigenvalue weighted by molar-refractivity contribution is 0.103. The standard InChI is InChI=1S/C18H22O5/c1-11-7-12(5-6-15(11)21-2)8-16(22-3)13-9-14(19)18(20)17(10-13)23-4/h5-7,9-10,16,19-20H,8H2,1-4H3. The van der Waals surface area contributed by atoms with E-state index >= 15 is 0 Å². The van der Waals surface area contributed by atoms with Crippen molar-refractivity contribution in [2.45, 2.75) is 19.4 Å². The van der Waals surface area contributed by atoms with Crippen LogP contribution in [0.15, 0.2) is 30.3 Å². The van der Waals surface area contributed by atoms with E-state index in [9.17, 15) is 10.2 Å². The minimum Gasteiger partial charge on any atom is -0.504 e. The van der Waals surface area contributed by atoms with Gasteiger partial charge in [0.1, 0.15) is 5.75 Å². The molecule has 2 rings (SSSR count). The van der Waals surface area contributed by atoms with Crippen LogP contribution in [-0.2, 0) is 11.2 Å². The van der Waals surface area contributed by atoms with E-state index in [1.54, 1.807) is 20.3 Å². The van der Waals surface area contributed by atoms with Crippen LogP contribution in [0.1, 0.15) is 22.8 Å². The summed E-state index contributed by atoms with van der Waals surface area (Å²) in [4.78, 5) is 0. The van der Waals surface area contributed by atoms with Crippen molar-refractivity contribution in [2.75, 3.05) is 21.3 Å². The summed E-state index contributed by atoms with van der Waals surface area (Å²) in [5, 5.41) is 19.6. The van der Waals surface area contributed by atoms with E-state index in [1.165, 1.54) is 13.2 Å². The summed E-state index contributed by atoms with van der Waals surface area (Å²) < 4.78 is 15.9. The second-order valence-electron chi connectivity index (χ2n) is 5.32. The number of hydrogen-bond donors (Lipinski definition) is 2. The maximum atomic E-state index is 9.83. The molecule has 0 aliphatic carbocycles. The van der Waals surface area contributed by atoms with Crippen molar-refractivity contribution >= 4 is 0 Å². The van der Waals surface area contributed by atoms with Gasteiger partial charge in [0, 0.05) is 13.5 Å². The Kier molecular flexibility index (Phi) is 5.34. The zero-order chi connectivity index (χ0) is 17.0. The molecule has 1 atom stereocenters. The van der Waals surface area contributed by atoms with Crippen molar-refractivity contribution in [1.29, 1.82) is 0 Å². The van der Waals surface area contributed by atoms with Crippen LogP contribution in [0.2, 0.25) is 0 Å². The smallest absolute Gasteiger partial charge is 0.200 e. The highest BCUT2D eigenvalue weighted by Gasteiger charge is 2.17. The molecule has 2 aromatic rings. The Hall–Kier alpha value is -2.40. The number of aryl methyl sites for hydroxylation is 1. The van der Waals surface area contributed by atoms with E-state index in [1.807, 2.05) is 25.1 Å². The van der Waals surface area contributed by atoms with E-state index in [4.69, 9.17) is 14.2 Å². The maximum Gasteiger partial charge on any atom is 0.200 e. The summed E-state index contributed by atoms with van der Waals surface area (Å²) in [6, 6.07) is 9.10. The third-order valence-corrected chi connectivity index (χ3v) is 3.83. The van der Waals surface area contributed by atoms with Crippen LogP contribution >= 0.6 is 0 Å². The van der Waals surface area contributed by atoms with E-state index < -0.39 is 0 Å². The van der Waals surface area contributed by atoms with Gasteiger partial charge in [0.25, 0.3) is 0 Å². The second kappa shape index (κ2) is 7.24. The fourth-order valence-electron chi connectivity index (χ4n) is 2.57. The molecule has 0 amide bonds. The number of benzene rings is 2. The molecule has 0 saturated carbocycles. The van der Waals surface area contributed by atoms with Crippen molar-refractivity contribution in [3.8, 4) is 23.0 Å². The molecular formula is C18H22O5. The third-order valence-electron chi connectivity index (χ3n) is 3.83. The zero-order valence-corrected chi connectivity index (χ0v) is 13.8. The Balaban J connectivity index is 2.30. The van der Waals surface area contributed by atoms with E-state index in [-0.39, 0.29) is 23.4 Å².